The van der Waals surface area contributed by atoms with Crippen LogP contribution in [-0.2, 0) is 11.3 Å². The molecule has 0 bridgehead atoms. The van der Waals surface area contributed by atoms with Crippen molar-refractivity contribution in [1.29, 1.82) is 0 Å². The predicted molar refractivity (Wildman–Crippen MR) is 86.7 cm³/mol. The zero-order chi connectivity index (χ0) is 16.5. The lowest BCUT2D eigenvalue weighted by Gasteiger charge is -2.16. The second-order valence-corrected chi connectivity index (χ2v) is 6.10. The first-order valence-corrected chi connectivity index (χ1v) is 8.10. The molecular formula is C15H20N8O. The summed E-state index contributed by atoms with van der Waals surface area (Å²) in [4.78, 5) is 0. The van der Waals surface area contributed by atoms with Gasteiger partial charge in [-0.2, -0.15) is 9.61 Å². The van der Waals surface area contributed by atoms with Crippen molar-refractivity contribution in [2.75, 3.05) is 19.0 Å². The highest BCUT2D eigenvalue weighted by Crippen LogP contribution is 2.40. The standard InChI is InChI=1S/C15H20N8O/c1-10(14-19-16-8-22(14)5-6-24-2)18-13-7-12(11-3-4-11)21-23-9-17-20-15(13)23/h7-11,18H,3-6H2,1-2H3. The first kappa shape index (κ1) is 15.0. The van der Waals surface area contributed by atoms with Crippen molar-refractivity contribution >= 4 is 11.3 Å². The van der Waals surface area contributed by atoms with Gasteiger partial charge in [0.25, 0.3) is 0 Å². The monoisotopic (exact) mass is 328 g/mol. The fourth-order valence-electron chi connectivity index (χ4n) is 2.79. The molecule has 0 saturated heterocycles. The van der Waals surface area contributed by atoms with Gasteiger partial charge in [0, 0.05) is 19.6 Å². The fraction of sp³-hybridized carbons (Fsp3) is 0.533. The maximum atomic E-state index is 5.14. The van der Waals surface area contributed by atoms with E-state index in [-0.39, 0.29) is 6.04 Å². The summed E-state index contributed by atoms with van der Waals surface area (Å²) in [6, 6.07) is 2.05. The highest BCUT2D eigenvalue weighted by atomic mass is 16.5. The van der Waals surface area contributed by atoms with Crippen molar-refractivity contribution in [2.24, 2.45) is 0 Å². The van der Waals surface area contributed by atoms with E-state index in [1.165, 1.54) is 12.8 Å². The maximum Gasteiger partial charge on any atom is 0.200 e. The second kappa shape index (κ2) is 6.16. The average molecular weight is 328 g/mol. The van der Waals surface area contributed by atoms with Crippen LogP contribution < -0.4 is 5.32 Å². The van der Waals surface area contributed by atoms with E-state index in [0.717, 1.165) is 23.8 Å². The van der Waals surface area contributed by atoms with Gasteiger partial charge in [0.05, 0.1) is 24.0 Å². The number of aromatic nitrogens is 7. The quantitative estimate of drug-likeness (QED) is 0.700. The normalized spacial score (nSPS) is 15.8. The van der Waals surface area contributed by atoms with E-state index in [9.17, 15) is 0 Å². The molecular weight excluding hydrogens is 308 g/mol. The smallest absolute Gasteiger partial charge is 0.200 e. The van der Waals surface area contributed by atoms with E-state index in [1.807, 2.05) is 4.57 Å². The number of rotatable bonds is 7. The molecule has 1 N–H and O–H groups in total. The SMILES string of the molecule is COCCn1cnnc1C(C)Nc1cc(C2CC2)nn2cnnc12. The van der Waals surface area contributed by atoms with Gasteiger partial charge in [-0.15, -0.1) is 20.4 Å². The summed E-state index contributed by atoms with van der Waals surface area (Å²) in [5.41, 5.74) is 2.71. The van der Waals surface area contributed by atoms with Crippen molar-refractivity contribution in [3.8, 4) is 0 Å². The van der Waals surface area contributed by atoms with E-state index in [2.05, 4.69) is 43.8 Å². The largest absolute Gasteiger partial charge is 0.383 e. The van der Waals surface area contributed by atoms with Crippen molar-refractivity contribution in [3.63, 3.8) is 0 Å². The Morgan fingerprint density at radius 3 is 2.92 bits per heavy atom. The highest BCUT2D eigenvalue weighted by Gasteiger charge is 2.27. The summed E-state index contributed by atoms with van der Waals surface area (Å²) in [5.74, 6) is 1.41. The van der Waals surface area contributed by atoms with E-state index >= 15 is 0 Å². The lowest BCUT2D eigenvalue weighted by molar-refractivity contribution is 0.186. The molecule has 9 heteroatoms. The topological polar surface area (TPSA) is 95.0 Å². The lowest BCUT2D eigenvalue weighted by Crippen LogP contribution is -2.16. The predicted octanol–water partition coefficient (Wildman–Crippen LogP) is 1.41. The molecule has 3 aromatic heterocycles. The van der Waals surface area contributed by atoms with Gasteiger partial charge in [0.15, 0.2) is 5.82 Å². The molecule has 0 radical (unpaired) electrons. The van der Waals surface area contributed by atoms with Gasteiger partial charge in [-0.25, -0.2) is 0 Å². The Labute approximate surface area is 139 Å². The van der Waals surface area contributed by atoms with Crippen molar-refractivity contribution in [3.05, 3.63) is 30.2 Å². The minimum absolute atomic E-state index is 0.0284. The number of nitrogens with zero attached hydrogens (tertiary/aromatic N) is 7. The summed E-state index contributed by atoms with van der Waals surface area (Å²) in [7, 11) is 1.68. The lowest BCUT2D eigenvalue weighted by atomic mass is 10.2. The van der Waals surface area contributed by atoms with Crippen LogP contribution in [0.4, 0.5) is 5.69 Å². The van der Waals surface area contributed by atoms with Crippen LogP contribution in [0.15, 0.2) is 18.7 Å². The van der Waals surface area contributed by atoms with E-state index in [0.29, 0.717) is 18.2 Å². The summed E-state index contributed by atoms with van der Waals surface area (Å²) >= 11 is 0. The number of hydrogen-bond acceptors (Lipinski definition) is 7. The minimum atomic E-state index is -0.0284. The van der Waals surface area contributed by atoms with Gasteiger partial charge >= 0.3 is 0 Å². The van der Waals surface area contributed by atoms with Crippen molar-refractivity contribution < 1.29 is 4.74 Å². The highest BCUT2D eigenvalue weighted by molar-refractivity contribution is 5.67. The fourth-order valence-corrected chi connectivity index (χ4v) is 2.79. The van der Waals surface area contributed by atoms with Gasteiger partial charge < -0.3 is 14.6 Å². The third-order valence-corrected chi connectivity index (χ3v) is 4.22. The summed E-state index contributed by atoms with van der Waals surface area (Å²) < 4.78 is 8.86. The zero-order valence-electron chi connectivity index (χ0n) is 13.8. The van der Waals surface area contributed by atoms with Crippen molar-refractivity contribution in [1.82, 2.24) is 34.6 Å². The average Bonchev–Trinajstić information content (AvgIpc) is 3.14. The minimum Gasteiger partial charge on any atom is -0.383 e. The summed E-state index contributed by atoms with van der Waals surface area (Å²) in [6.07, 6.45) is 5.75. The molecule has 1 aliphatic rings. The molecule has 0 spiro atoms. The molecule has 126 valence electrons. The van der Waals surface area contributed by atoms with Crippen LogP contribution in [0, 0.1) is 0 Å². The van der Waals surface area contributed by atoms with Gasteiger partial charge in [-0.05, 0) is 25.8 Å². The van der Waals surface area contributed by atoms with E-state index < -0.39 is 0 Å². The number of hydrogen-bond donors (Lipinski definition) is 1. The van der Waals surface area contributed by atoms with Gasteiger partial charge in [0.2, 0.25) is 5.65 Å². The molecule has 1 fully saturated rings. The summed E-state index contributed by atoms with van der Waals surface area (Å²) in [5, 5.41) is 24.5. The Kier molecular flexibility index (Phi) is 3.85. The molecule has 3 aromatic rings. The number of methoxy groups -OCH3 is 1. The molecule has 1 aliphatic carbocycles. The van der Waals surface area contributed by atoms with Gasteiger partial charge in [-0.1, -0.05) is 0 Å². The summed E-state index contributed by atoms with van der Waals surface area (Å²) in [6.45, 7) is 3.39. The van der Waals surface area contributed by atoms with Crippen LogP contribution in [-0.4, -0.2) is 48.3 Å². The zero-order valence-corrected chi connectivity index (χ0v) is 13.8. The Hall–Kier alpha value is -2.55. The molecule has 3 heterocycles. The Morgan fingerprint density at radius 1 is 1.29 bits per heavy atom. The Balaban J connectivity index is 1.61. The Morgan fingerprint density at radius 2 is 2.12 bits per heavy atom. The van der Waals surface area contributed by atoms with Crippen LogP contribution in [0.2, 0.25) is 0 Å². The molecule has 24 heavy (non-hydrogen) atoms. The molecule has 0 amide bonds. The van der Waals surface area contributed by atoms with Crippen molar-refractivity contribution in [2.45, 2.75) is 38.3 Å². The van der Waals surface area contributed by atoms with E-state index in [4.69, 9.17) is 4.74 Å². The van der Waals surface area contributed by atoms with Crippen LogP contribution in [0.3, 0.4) is 0 Å². The number of ether oxygens (including phenoxy) is 1. The number of nitrogens with one attached hydrogen (secondary N) is 1. The molecule has 1 saturated carbocycles. The first-order valence-electron chi connectivity index (χ1n) is 8.10. The molecule has 1 atom stereocenters. The van der Waals surface area contributed by atoms with Crippen LogP contribution >= 0.6 is 0 Å². The van der Waals surface area contributed by atoms with Gasteiger partial charge in [-0.3, -0.25) is 0 Å². The van der Waals surface area contributed by atoms with E-state index in [1.54, 1.807) is 24.3 Å². The molecule has 9 nitrogen and oxygen atoms in total. The van der Waals surface area contributed by atoms with Gasteiger partial charge in [0.1, 0.15) is 12.7 Å². The second-order valence-electron chi connectivity index (χ2n) is 6.10. The first-order chi connectivity index (χ1) is 11.8. The third kappa shape index (κ3) is 2.82. The third-order valence-electron chi connectivity index (χ3n) is 4.22. The number of anilines is 1. The van der Waals surface area contributed by atoms with Crippen LogP contribution in [0.5, 0.6) is 0 Å². The van der Waals surface area contributed by atoms with Crippen LogP contribution in [0.1, 0.15) is 43.2 Å². The molecule has 0 aliphatic heterocycles. The van der Waals surface area contributed by atoms with Crippen LogP contribution in [0.25, 0.3) is 5.65 Å². The molecule has 0 aromatic carbocycles. The molecule has 1 unspecified atom stereocenters. The Bertz CT molecular complexity index is 837. The molecule has 4 rings (SSSR count). The number of fused-ring (bicyclic) bond motifs is 1. The maximum absolute atomic E-state index is 5.14.